The summed E-state index contributed by atoms with van der Waals surface area (Å²) in [7, 11) is 0. The van der Waals surface area contributed by atoms with Crippen LogP contribution in [0.25, 0.3) is 10.8 Å². The zero-order chi connectivity index (χ0) is 11.4. The quantitative estimate of drug-likeness (QED) is 0.758. The Hall–Kier alpha value is -2.32. The third-order valence-electron chi connectivity index (χ3n) is 2.64. The molecule has 0 spiro atoms. The molecule has 0 aliphatic heterocycles. The lowest BCUT2D eigenvalue weighted by molar-refractivity contribution is 1.27. The number of benzene rings is 2. The van der Waals surface area contributed by atoms with Crippen molar-refractivity contribution in [1.29, 1.82) is 10.5 Å². The van der Waals surface area contributed by atoms with E-state index in [1.54, 1.807) is 0 Å². The molecule has 76 valence electrons. The fourth-order valence-corrected chi connectivity index (χ4v) is 1.92. The van der Waals surface area contributed by atoms with Gasteiger partial charge in [-0.2, -0.15) is 10.5 Å². The van der Waals surface area contributed by atoms with Crippen LogP contribution < -0.4 is 0 Å². The van der Waals surface area contributed by atoms with E-state index in [4.69, 9.17) is 10.5 Å². The first kappa shape index (κ1) is 10.2. The first-order chi connectivity index (χ1) is 7.86. The second-order valence-corrected chi connectivity index (χ2v) is 3.60. The Balaban J connectivity index is 2.68. The Morgan fingerprint density at radius 1 is 0.750 bits per heavy atom. The van der Waals surface area contributed by atoms with E-state index in [1.807, 2.05) is 36.4 Å². The van der Waals surface area contributed by atoms with Gasteiger partial charge in [-0.3, -0.25) is 0 Å². The number of hydrogen-bond donors (Lipinski definition) is 0. The molecule has 2 heteroatoms. The Morgan fingerprint density at radius 3 is 1.56 bits per heavy atom. The van der Waals surface area contributed by atoms with Crippen molar-refractivity contribution >= 4 is 10.8 Å². The van der Waals surface area contributed by atoms with Gasteiger partial charge in [-0.25, -0.2) is 0 Å². The van der Waals surface area contributed by atoms with Gasteiger partial charge in [0.2, 0.25) is 0 Å². The molecule has 2 aromatic rings. The highest BCUT2D eigenvalue weighted by atomic mass is 14.2. The number of nitriles is 2. The zero-order valence-electron chi connectivity index (χ0n) is 8.77. The third kappa shape index (κ3) is 1.74. The second kappa shape index (κ2) is 4.47. The van der Waals surface area contributed by atoms with Gasteiger partial charge in [0.1, 0.15) is 0 Å². The fourth-order valence-electron chi connectivity index (χ4n) is 1.92. The van der Waals surface area contributed by atoms with Gasteiger partial charge in [0.25, 0.3) is 0 Å². The fraction of sp³-hybridized carbons (Fsp3) is 0.143. The summed E-state index contributed by atoms with van der Waals surface area (Å²) < 4.78 is 0. The molecule has 0 amide bonds. The van der Waals surface area contributed by atoms with Crippen LogP contribution in [0.5, 0.6) is 0 Å². The maximum Gasteiger partial charge on any atom is 0.0669 e. The molecule has 0 atom stereocenters. The van der Waals surface area contributed by atoms with Crippen molar-refractivity contribution in [1.82, 2.24) is 0 Å². The molecular formula is C14H10N2. The molecule has 2 rings (SSSR count). The number of hydrogen-bond acceptors (Lipinski definition) is 2. The predicted octanol–water partition coefficient (Wildman–Crippen LogP) is 2.97. The Morgan fingerprint density at radius 2 is 1.19 bits per heavy atom. The average Bonchev–Trinajstić information content (AvgIpc) is 2.31. The summed E-state index contributed by atoms with van der Waals surface area (Å²) in [6, 6.07) is 16.1. The molecule has 0 aliphatic rings. The van der Waals surface area contributed by atoms with E-state index in [0.717, 1.165) is 21.9 Å². The second-order valence-electron chi connectivity index (χ2n) is 3.60. The largest absolute Gasteiger partial charge is 0.198 e. The average molecular weight is 206 g/mol. The van der Waals surface area contributed by atoms with E-state index >= 15 is 0 Å². The van der Waals surface area contributed by atoms with Gasteiger partial charge in [-0.1, -0.05) is 36.4 Å². The lowest BCUT2D eigenvalue weighted by Gasteiger charge is -2.06. The molecule has 0 aromatic heterocycles. The maximum atomic E-state index is 8.75. The molecule has 0 fully saturated rings. The first-order valence-corrected chi connectivity index (χ1v) is 5.10. The van der Waals surface area contributed by atoms with E-state index in [2.05, 4.69) is 12.1 Å². The summed E-state index contributed by atoms with van der Waals surface area (Å²) in [6.45, 7) is 0. The minimum atomic E-state index is 0.410. The van der Waals surface area contributed by atoms with Crippen molar-refractivity contribution in [2.75, 3.05) is 0 Å². The third-order valence-corrected chi connectivity index (χ3v) is 2.64. The standard InChI is InChI=1S/C14H10N2/c15-9-7-11-3-1-5-13-12(8-10-16)4-2-6-14(11)13/h1-6H,7-8H2. The topological polar surface area (TPSA) is 47.6 Å². The number of rotatable bonds is 2. The molecule has 0 bridgehead atoms. The normalized spacial score (nSPS) is 9.62. The molecule has 0 unspecified atom stereocenters. The first-order valence-electron chi connectivity index (χ1n) is 5.10. The van der Waals surface area contributed by atoms with Crippen LogP contribution in [-0.2, 0) is 12.8 Å². The molecular weight excluding hydrogens is 196 g/mol. The lowest BCUT2D eigenvalue weighted by atomic mass is 9.97. The minimum Gasteiger partial charge on any atom is -0.198 e. The highest BCUT2D eigenvalue weighted by Crippen LogP contribution is 2.23. The van der Waals surface area contributed by atoms with Gasteiger partial charge >= 0.3 is 0 Å². The van der Waals surface area contributed by atoms with E-state index in [1.165, 1.54) is 0 Å². The Kier molecular flexibility index (Phi) is 2.85. The van der Waals surface area contributed by atoms with Crippen molar-refractivity contribution in [2.45, 2.75) is 12.8 Å². The molecule has 0 radical (unpaired) electrons. The van der Waals surface area contributed by atoms with E-state index in [9.17, 15) is 0 Å². The van der Waals surface area contributed by atoms with Crippen LogP contribution in [0.4, 0.5) is 0 Å². The lowest BCUT2D eigenvalue weighted by Crippen LogP contribution is -1.89. The molecule has 16 heavy (non-hydrogen) atoms. The van der Waals surface area contributed by atoms with Crippen molar-refractivity contribution in [3.05, 3.63) is 47.5 Å². The van der Waals surface area contributed by atoms with Gasteiger partial charge < -0.3 is 0 Å². The Labute approximate surface area is 94.4 Å². The van der Waals surface area contributed by atoms with Crippen LogP contribution in [-0.4, -0.2) is 0 Å². The maximum absolute atomic E-state index is 8.75. The van der Waals surface area contributed by atoms with Gasteiger partial charge in [0, 0.05) is 0 Å². The molecule has 0 heterocycles. The molecule has 2 aromatic carbocycles. The summed E-state index contributed by atoms with van der Waals surface area (Å²) >= 11 is 0. The van der Waals surface area contributed by atoms with Crippen LogP contribution >= 0.6 is 0 Å². The smallest absolute Gasteiger partial charge is 0.0669 e. The van der Waals surface area contributed by atoms with Crippen molar-refractivity contribution in [2.24, 2.45) is 0 Å². The summed E-state index contributed by atoms with van der Waals surface area (Å²) in [5.74, 6) is 0. The highest BCUT2D eigenvalue weighted by Gasteiger charge is 2.03. The zero-order valence-corrected chi connectivity index (χ0v) is 8.77. The monoisotopic (exact) mass is 206 g/mol. The Bertz CT molecular complexity index is 545. The summed E-state index contributed by atoms with van der Waals surface area (Å²) in [5.41, 5.74) is 2.06. The molecule has 0 saturated heterocycles. The van der Waals surface area contributed by atoms with Gasteiger partial charge in [0.05, 0.1) is 25.0 Å². The SMILES string of the molecule is N#CCc1cccc2c(CC#N)cccc12. The van der Waals surface area contributed by atoms with E-state index in [-0.39, 0.29) is 0 Å². The summed E-state index contributed by atoms with van der Waals surface area (Å²) in [5, 5.41) is 19.7. The molecule has 0 saturated carbocycles. The minimum absolute atomic E-state index is 0.410. The van der Waals surface area contributed by atoms with Crippen LogP contribution in [0.1, 0.15) is 11.1 Å². The summed E-state index contributed by atoms with van der Waals surface area (Å²) in [4.78, 5) is 0. The van der Waals surface area contributed by atoms with Crippen LogP contribution in [0.15, 0.2) is 36.4 Å². The van der Waals surface area contributed by atoms with Gasteiger partial charge in [-0.15, -0.1) is 0 Å². The van der Waals surface area contributed by atoms with E-state index in [0.29, 0.717) is 12.8 Å². The van der Waals surface area contributed by atoms with E-state index < -0.39 is 0 Å². The molecule has 2 nitrogen and oxygen atoms in total. The predicted molar refractivity (Wildman–Crippen MR) is 62.6 cm³/mol. The highest BCUT2D eigenvalue weighted by molar-refractivity contribution is 5.89. The van der Waals surface area contributed by atoms with Crippen LogP contribution in [0.2, 0.25) is 0 Å². The summed E-state index contributed by atoms with van der Waals surface area (Å²) in [6.07, 6.45) is 0.820. The number of nitrogens with zero attached hydrogens (tertiary/aromatic N) is 2. The van der Waals surface area contributed by atoms with Crippen molar-refractivity contribution in [3.8, 4) is 12.1 Å². The van der Waals surface area contributed by atoms with Crippen LogP contribution in [0.3, 0.4) is 0 Å². The van der Waals surface area contributed by atoms with Crippen molar-refractivity contribution < 1.29 is 0 Å². The van der Waals surface area contributed by atoms with Gasteiger partial charge in [0.15, 0.2) is 0 Å². The molecule has 0 aliphatic carbocycles. The number of fused-ring (bicyclic) bond motifs is 1. The molecule has 0 N–H and O–H groups in total. The van der Waals surface area contributed by atoms with Crippen LogP contribution in [0, 0.1) is 22.7 Å². The van der Waals surface area contributed by atoms with Gasteiger partial charge in [-0.05, 0) is 21.9 Å². The van der Waals surface area contributed by atoms with Crippen molar-refractivity contribution in [3.63, 3.8) is 0 Å².